The van der Waals surface area contributed by atoms with Gasteiger partial charge in [-0.2, -0.15) is 0 Å². The molecule has 1 heterocycles. The van der Waals surface area contributed by atoms with E-state index in [1.165, 1.54) is 29.5 Å². The van der Waals surface area contributed by atoms with E-state index in [1.807, 2.05) is 6.92 Å². The number of non-ortho nitro benzene ring substituents is 1. The fourth-order valence-corrected chi connectivity index (χ4v) is 4.76. The molecule has 0 aliphatic heterocycles. The molecule has 1 aliphatic carbocycles. The van der Waals surface area contributed by atoms with E-state index in [2.05, 4.69) is 12.2 Å². The number of carbonyl (C=O) groups excluding carboxylic acids is 2. The number of anilines is 1. The van der Waals surface area contributed by atoms with Crippen LogP contribution in [0.15, 0.2) is 30.3 Å². The minimum absolute atomic E-state index is 0.00905. The molecule has 0 spiro atoms. The summed E-state index contributed by atoms with van der Waals surface area (Å²) < 4.78 is 5.35. The maximum Gasteiger partial charge on any atom is 0.341 e. The van der Waals surface area contributed by atoms with Gasteiger partial charge in [-0.15, -0.1) is 11.3 Å². The number of nitrogens with zero attached hydrogens (tertiary/aromatic N) is 1. The lowest BCUT2D eigenvalue weighted by Crippen LogP contribution is -2.16. The Morgan fingerprint density at radius 2 is 2.07 bits per heavy atom. The van der Waals surface area contributed by atoms with Gasteiger partial charge < -0.3 is 10.1 Å². The molecule has 1 aromatic heterocycles. The molecule has 1 aliphatic rings. The van der Waals surface area contributed by atoms with Gasteiger partial charge in [0.25, 0.3) is 5.69 Å². The van der Waals surface area contributed by atoms with E-state index in [4.69, 9.17) is 4.74 Å². The maximum atomic E-state index is 12.6. The summed E-state index contributed by atoms with van der Waals surface area (Å²) in [5, 5.41) is 14.1. The van der Waals surface area contributed by atoms with E-state index in [9.17, 15) is 19.7 Å². The lowest BCUT2D eigenvalue weighted by atomic mass is 9.88. The molecular formula is C22H24N2O5S. The smallest absolute Gasteiger partial charge is 0.341 e. The van der Waals surface area contributed by atoms with Gasteiger partial charge in [-0.05, 0) is 60.9 Å². The molecule has 158 valence electrons. The molecule has 0 saturated carbocycles. The predicted octanol–water partition coefficient (Wildman–Crippen LogP) is 5.00. The molecule has 0 saturated heterocycles. The highest BCUT2D eigenvalue weighted by molar-refractivity contribution is 7.17. The predicted molar refractivity (Wildman–Crippen MR) is 117 cm³/mol. The van der Waals surface area contributed by atoms with Crippen molar-refractivity contribution in [2.75, 3.05) is 11.9 Å². The average Bonchev–Trinajstić information content (AvgIpc) is 3.07. The van der Waals surface area contributed by atoms with Crippen LogP contribution in [0, 0.1) is 16.0 Å². The first kappa shape index (κ1) is 21.7. The quantitative estimate of drug-likeness (QED) is 0.290. The van der Waals surface area contributed by atoms with E-state index in [-0.39, 0.29) is 11.6 Å². The molecule has 0 unspecified atom stereocenters. The summed E-state index contributed by atoms with van der Waals surface area (Å²) in [6.45, 7) is 4.46. The van der Waals surface area contributed by atoms with Gasteiger partial charge in [0, 0.05) is 23.1 Å². The van der Waals surface area contributed by atoms with Crippen molar-refractivity contribution < 1.29 is 19.2 Å². The van der Waals surface area contributed by atoms with E-state index >= 15 is 0 Å². The van der Waals surface area contributed by atoms with E-state index in [0.29, 0.717) is 28.7 Å². The number of benzene rings is 1. The fourth-order valence-electron chi connectivity index (χ4n) is 3.35. The number of hydrogen-bond donors (Lipinski definition) is 1. The van der Waals surface area contributed by atoms with Crippen molar-refractivity contribution in [1.29, 1.82) is 0 Å². The maximum absolute atomic E-state index is 12.6. The normalized spacial score (nSPS) is 15.6. The Kier molecular flexibility index (Phi) is 6.99. The third-order valence-electron chi connectivity index (χ3n) is 4.92. The lowest BCUT2D eigenvalue weighted by molar-refractivity contribution is -0.384. The van der Waals surface area contributed by atoms with Crippen LogP contribution in [-0.2, 0) is 22.4 Å². The summed E-state index contributed by atoms with van der Waals surface area (Å²) in [5.41, 5.74) is 2.13. The van der Waals surface area contributed by atoms with Gasteiger partial charge >= 0.3 is 5.97 Å². The Balaban J connectivity index is 1.78. The van der Waals surface area contributed by atoms with Crippen molar-refractivity contribution in [3.05, 3.63) is 62.0 Å². The molecule has 1 aromatic carbocycles. The van der Waals surface area contributed by atoms with Crippen LogP contribution in [0.2, 0.25) is 0 Å². The van der Waals surface area contributed by atoms with Crippen molar-refractivity contribution >= 4 is 40.0 Å². The monoisotopic (exact) mass is 428 g/mol. The van der Waals surface area contributed by atoms with Crippen LogP contribution in [0.25, 0.3) is 6.08 Å². The summed E-state index contributed by atoms with van der Waals surface area (Å²) in [6.07, 6.45) is 6.36. The topological polar surface area (TPSA) is 98.5 Å². The van der Waals surface area contributed by atoms with Crippen molar-refractivity contribution in [3.8, 4) is 0 Å². The Morgan fingerprint density at radius 3 is 2.73 bits per heavy atom. The molecule has 1 atom stereocenters. The third-order valence-corrected chi connectivity index (χ3v) is 6.09. The SMILES string of the molecule is CCCOC(=O)c1c(NC(=O)/C=C/c2ccc([N+](=O)[O-])cc2)sc2c1CC[C@H](C)C2. The van der Waals surface area contributed by atoms with Gasteiger partial charge in [-0.1, -0.05) is 13.8 Å². The number of amides is 1. The minimum atomic E-state index is -0.473. The van der Waals surface area contributed by atoms with Gasteiger partial charge in [0.15, 0.2) is 0 Å². The zero-order valence-corrected chi connectivity index (χ0v) is 17.8. The molecule has 3 rings (SSSR count). The molecule has 0 radical (unpaired) electrons. The number of nitro benzene ring substituents is 1. The van der Waals surface area contributed by atoms with Crippen LogP contribution in [0.3, 0.4) is 0 Å². The van der Waals surface area contributed by atoms with Gasteiger partial charge in [0.05, 0.1) is 17.1 Å². The van der Waals surface area contributed by atoms with Crippen LogP contribution in [0.5, 0.6) is 0 Å². The summed E-state index contributed by atoms with van der Waals surface area (Å²) in [4.78, 5) is 36.5. The molecule has 8 heteroatoms. The third kappa shape index (κ3) is 5.13. The van der Waals surface area contributed by atoms with Crippen LogP contribution in [-0.4, -0.2) is 23.4 Å². The lowest BCUT2D eigenvalue weighted by Gasteiger charge is -2.18. The highest BCUT2D eigenvalue weighted by Crippen LogP contribution is 2.40. The second kappa shape index (κ2) is 9.67. The van der Waals surface area contributed by atoms with Gasteiger partial charge in [0.1, 0.15) is 5.00 Å². The van der Waals surface area contributed by atoms with Crippen LogP contribution < -0.4 is 5.32 Å². The number of esters is 1. The van der Waals surface area contributed by atoms with Gasteiger partial charge in [-0.25, -0.2) is 4.79 Å². The second-order valence-electron chi connectivity index (χ2n) is 7.36. The standard InChI is InChI=1S/C22H24N2O5S/c1-3-12-29-22(26)20-17-10-4-14(2)13-18(17)30-21(20)23-19(25)11-7-15-5-8-16(9-6-15)24(27)28/h5-9,11,14H,3-4,10,12-13H2,1-2H3,(H,23,25)/b11-7+/t14-/m0/s1. The van der Waals surface area contributed by atoms with Crippen LogP contribution in [0.1, 0.15) is 53.1 Å². The summed E-state index contributed by atoms with van der Waals surface area (Å²) in [7, 11) is 0. The highest BCUT2D eigenvalue weighted by atomic mass is 32.1. The Bertz CT molecular complexity index is 978. The number of fused-ring (bicyclic) bond motifs is 1. The minimum Gasteiger partial charge on any atom is -0.462 e. The average molecular weight is 429 g/mol. The molecule has 0 bridgehead atoms. The Morgan fingerprint density at radius 1 is 1.33 bits per heavy atom. The molecule has 0 fully saturated rings. The van der Waals surface area contributed by atoms with Gasteiger partial charge in [0.2, 0.25) is 5.91 Å². The molecule has 2 aromatic rings. The van der Waals surface area contributed by atoms with Crippen molar-refractivity contribution in [2.45, 2.75) is 39.5 Å². The fraction of sp³-hybridized carbons (Fsp3) is 0.364. The zero-order valence-electron chi connectivity index (χ0n) is 17.0. The van der Waals surface area contributed by atoms with Crippen LogP contribution in [0.4, 0.5) is 10.7 Å². The first-order chi connectivity index (χ1) is 14.4. The molecule has 1 amide bonds. The van der Waals surface area contributed by atoms with E-state index < -0.39 is 10.9 Å². The number of nitro groups is 1. The van der Waals surface area contributed by atoms with E-state index in [0.717, 1.165) is 36.1 Å². The number of carbonyl (C=O) groups is 2. The zero-order chi connectivity index (χ0) is 21.7. The molecule has 1 N–H and O–H groups in total. The largest absolute Gasteiger partial charge is 0.462 e. The molecule has 30 heavy (non-hydrogen) atoms. The second-order valence-corrected chi connectivity index (χ2v) is 8.47. The molecular weight excluding hydrogens is 404 g/mol. The van der Waals surface area contributed by atoms with E-state index in [1.54, 1.807) is 18.2 Å². The number of thiophene rings is 1. The first-order valence-corrected chi connectivity index (χ1v) is 10.8. The first-order valence-electron chi connectivity index (χ1n) is 9.94. The Hall–Kier alpha value is -3.00. The van der Waals surface area contributed by atoms with Crippen molar-refractivity contribution in [2.24, 2.45) is 5.92 Å². The molecule has 7 nitrogen and oxygen atoms in total. The van der Waals surface area contributed by atoms with Crippen molar-refractivity contribution in [1.82, 2.24) is 0 Å². The number of rotatable bonds is 7. The number of ether oxygens (including phenoxy) is 1. The summed E-state index contributed by atoms with van der Waals surface area (Å²) in [5.74, 6) is -0.218. The highest BCUT2D eigenvalue weighted by Gasteiger charge is 2.29. The Labute approximate surface area is 178 Å². The van der Waals surface area contributed by atoms with Crippen molar-refractivity contribution in [3.63, 3.8) is 0 Å². The number of hydrogen-bond acceptors (Lipinski definition) is 6. The summed E-state index contributed by atoms with van der Waals surface area (Å²) >= 11 is 1.44. The number of nitrogens with one attached hydrogen (secondary N) is 1. The van der Waals surface area contributed by atoms with Crippen LogP contribution >= 0.6 is 11.3 Å². The summed E-state index contributed by atoms with van der Waals surface area (Å²) in [6, 6.07) is 5.91. The van der Waals surface area contributed by atoms with Gasteiger partial charge in [-0.3, -0.25) is 14.9 Å².